The van der Waals surface area contributed by atoms with E-state index in [9.17, 15) is 18.0 Å². The monoisotopic (exact) mass is 464 g/mol. The summed E-state index contributed by atoms with van der Waals surface area (Å²) in [5.41, 5.74) is 7.96. The van der Waals surface area contributed by atoms with E-state index in [4.69, 9.17) is 22.7 Å². The lowest BCUT2D eigenvalue weighted by atomic mass is 10.0. The van der Waals surface area contributed by atoms with Crippen LogP contribution >= 0.6 is 12.2 Å². The smallest absolute Gasteiger partial charge is 0.450 e. The summed E-state index contributed by atoms with van der Waals surface area (Å²) >= 11 is 5.12. The highest BCUT2D eigenvalue weighted by atomic mass is 32.1. The molecule has 0 saturated heterocycles. The molecule has 1 aliphatic rings. The van der Waals surface area contributed by atoms with Gasteiger partial charge in [0.2, 0.25) is 0 Å². The molecule has 3 rings (SSSR count). The molecule has 32 heavy (non-hydrogen) atoms. The molecule has 2 aromatic carbocycles. The topological polar surface area (TPSA) is 73.9 Å². The van der Waals surface area contributed by atoms with Gasteiger partial charge in [-0.05, 0) is 28.5 Å². The average Bonchev–Trinajstić information content (AvgIpc) is 3.26. The number of hydrogen-bond acceptors (Lipinski definition) is 5. The number of ether oxygens (including phenoxy) is 1. The molecule has 1 aliphatic carbocycles. The average molecular weight is 465 g/mol. The molecule has 2 aromatic rings. The van der Waals surface area contributed by atoms with Crippen LogP contribution in [0.15, 0.2) is 59.8 Å². The predicted molar refractivity (Wildman–Crippen MR) is 118 cm³/mol. The maximum Gasteiger partial charge on any atom is 0.593 e. The predicted octanol–water partition coefficient (Wildman–Crippen LogP) is 4.94. The molecule has 0 spiro atoms. The van der Waals surface area contributed by atoms with Crippen LogP contribution in [0.3, 0.4) is 0 Å². The third kappa shape index (κ3) is 5.85. The summed E-state index contributed by atoms with van der Waals surface area (Å²) in [7, 11) is 0. The number of carbonyl (C=O) groups is 1. The van der Waals surface area contributed by atoms with E-state index in [-0.39, 0.29) is 4.99 Å². The summed E-state index contributed by atoms with van der Waals surface area (Å²) in [6.07, 6.45) is -4.17. The highest BCUT2D eigenvalue weighted by Crippen LogP contribution is 2.58. The number of halogens is 3. The minimum atomic E-state index is -4.88. The van der Waals surface area contributed by atoms with E-state index < -0.39 is 35.7 Å². The first-order valence-electron chi connectivity index (χ1n) is 9.90. The molecule has 0 aromatic heterocycles. The number of benzene rings is 2. The van der Waals surface area contributed by atoms with Crippen molar-refractivity contribution in [3.63, 3.8) is 0 Å². The van der Waals surface area contributed by atoms with Crippen LogP contribution in [0.5, 0.6) is 0 Å². The molecule has 3 atom stereocenters. The van der Waals surface area contributed by atoms with Gasteiger partial charge in [-0.3, -0.25) is 9.63 Å². The van der Waals surface area contributed by atoms with Crippen LogP contribution in [0.4, 0.5) is 13.2 Å². The Morgan fingerprint density at radius 3 is 2.47 bits per heavy atom. The summed E-state index contributed by atoms with van der Waals surface area (Å²) in [6, 6.07) is 17.3. The SMILES string of the molecule is CC1(C)[C@H](C(=O)OC(C(N)=S)c2cccc(Cc3ccccc3)c2)[C@@H]1C=NOC(F)(F)F. The summed E-state index contributed by atoms with van der Waals surface area (Å²) in [5, 5.41) is 2.95. The van der Waals surface area contributed by atoms with Crippen LogP contribution < -0.4 is 5.73 Å². The van der Waals surface area contributed by atoms with Gasteiger partial charge in [0.05, 0.1) is 5.92 Å². The van der Waals surface area contributed by atoms with E-state index in [0.717, 1.165) is 17.3 Å². The fourth-order valence-corrected chi connectivity index (χ4v) is 3.92. The number of rotatable bonds is 8. The first-order valence-corrected chi connectivity index (χ1v) is 10.3. The highest BCUT2D eigenvalue weighted by Gasteiger charge is 2.62. The molecular weight excluding hydrogens is 441 g/mol. The van der Waals surface area contributed by atoms with Crippen molar-refractivity contribution < 1.29 is 27.5 Å². The molecule has 1 fully saturated rings. The first kappa shape index (κ1) is 23.7. The Kier molecular flexibility index (Phi) is 6.88. The molecule has 0 bridgehead atoms. The van der Waals surface area contributed by atoms with Gasteiger partial charge in [-0.15, -0.1) is 13.2 Å². The second-order valence-electron chi connectivity index (χ2n) is 8.24. The fraction of sp³-hybridized carbons (Fsp3) is 0.348. The van der Waals surface area contributed by atoms with Gasteiger partial charge in [0.1, 0.15) is 4.99 Å². The lowest BCUT2D eigenvalue weighted by molar-refractivity contribution is -0.325. The maximum atomic E-state index is 12.8. The molecule has 0 radical (unpaired) electrons. The van der Waals surface area contributed by atoms with Crippen molar-refractivity contribution in [1.29, 1.82) is 0 Å². The molecule has 1 saturated carbocycles. The Morgan fingerprint density at radius 1 is 1.19 bits per heavy atom. The van der Waals surface area contributed by atoms with E-state index in [2.05, 4.69) is 9.99 Å². The summed E-state index contributed by atoms with van der Waals surface area (Å²) in [5.74, 6) is -1.86. The molecule has 0 amide bonds. The summed E-state index contributed by atoms with van der Waals surface area (Å²) in [4.78, 5) is 16.2. The van der Waals surface area contributed by atoms with Crippen molar-refractivity contribution in [3.05, 3.63) is 71.3 Å². The van der Waals surface area contributed by atoms with Crippen LogP contribution in [0, 0.1) is 17.3 Å². The minimum Gasteiger partial charge on any atom is -0.450 e. The number of alkyl halides is 3. The number of thiocarbonyl (C=S) groups is 1. The maximum absolute atomic E-state index is 12.8. The number of esters is 1. The number of oxime groups is 1. The fourth-order valence-electron chi connectivity index (χ4n) is 3.74. The summed E-state index contributed by atoms with van der Waals surface area (Å²) < 4.78 is 42.0. The third-order valence-electron chi connectivity index (χ3n) is 5.54. The van der Waals surface area contributed by atoms with Gasteiger partial charge >= 0.3 is 12.3 Å². The lowest BCUT2D eigenvalue weighted by Crippen LogP contribution is -2.26. The second-order valence-corrected chi connectivity index (χ2v) is 8.71. The molecule has 0 aliphatic heterocycles. The molecule has 2 N–H and O–H groups in total. The van der Waals surface area contributed by atoms with Gasteiger partial charge < -0.3 is 10.5 Å². The van der Waals surface area contributed by atoms with E-state index in [0.29, 0.717) is 12.0 Å². The van der Waals surface area contributed by atoms with E-state index in [1.54, 1.807) is 19.9 Å². The van der Waals surface area contributed by atoms with E-state index in [1.165, 1.54) is 0 Å². The van der Waals surface area contributed by atoms with Crippen LogP contribution in [0.1, 0.15) is 36.6 Å². The van der Waals surface area contributed by atoms with Gasteiger partial charge in [0.15, 0.2) is 6.10 Å². The molecule has 5 nitrogen and oxygen atoms in total. The highest BCUT2D eigenvalue weighted by molar-refractivity contribution is 7.80. The van der Waals surface area contributed by atoms with Gasteiger partial charge in [0.25, 0.3) is 0 Å². The van der Waals surface area contributed by atoms with Crippen LogP contribution in [0.2, 0.25) is 0 Å². The van der Waals surface area contributed by atoms with Crippen LogP contribution in [-0.2, 0) is 20.8 Å². The Labute approximate surface area is 189 Å². The van der Waals surface area contributed by atoms with Gasteiger partial charge in [0, 0.05) is 12.1 Å². The first-order chi connectivity index (χ1) is 15.0. The Bertz CT molecular complexity index is 1010. The van der Waals surface area contributed by atoms with Gasteiger partial charge in [-0.2, -0.15) is 0 Å². The van der Waals surface area contributed by atoms with Crippen molar-refractivity contribution in [3.8, 4) is 0 Å². The number of nitrogens with two attached hydrogens (primary N) is 1. The zero-order valence-corrected chi connectivity index (χ0v) is 18.3. The zero-order chi connectivity index (χ0) is 23.5. The van der Waals surface area contributed by atoms with Gasteiger partial charge in [-0.25, -0.2) is 0 Å². The molecule has 9 heteroatoms. The zero-order valence-electron chi connectivity index (χ0n) is 17.5. The Balaban J connectivity index is 1.71. The van der Waals surface area contributed by atoms with Crippen LogP contribution in [0.25, 0.3) is 0 Å². The largest absolute Gasteiger partial charge is 0.593 e. The minimum absolute atomic E-state index is 0.0145. The number of nitrogens with zero attached hydrogens (tertiary/aromatic N) is 1. The molecule has 0 heterocycles. The standard InChI is InChI=1S/C23H23F3N2O3S/c1-22(2)17(13-28-31-23(24,25)26)18(22)21(29)30-19(20(27)32)16-10-6-9-15(12-16)11-14-7-4-3-5-8-14/h3-10,12-13,17-19H,11H2,1-2H3,(H2,27,32)/t17-,18-,19?/m0/s1. The normalized spacial score (nSPS) is 20.5. The molecule has 1 unspecified atom stereocenters. The Hall–Kier alpha value is -2.94. The van der Waals surface area contributed by atoms with Crippen molar-refractivity contribution in [1.82, 2.24) is 0 Å². The lowest BCUT2D eigenvalue weighted by Gasteiger charge is -2.18. The molecular formula is C23H23F3N2O3S. The van der Waals surface area contributed by atoms with Crippen molar-refractivity contribution in [2.75, 3.05) is 0 Å². The van der Waals surface area contributed by atoms with Crippen molar-refractivity contribution in [2.45, 2.75) is 32.7 Å². The Morgan fingerprint density at radius 2 is 1.84 bits per heavy atom. The third-order valence-corrected chi connectivity index (χ3v) is 5.75. The van der Waals surface area contributed by atoms with Crippen LogP contribution in [-0.4, -0.2) is 23.5 Å². The number of hydrogen-bond donors (Lipinski definition) is 1. The number of carbonyl (C=O) groups excluding carboxylic acids is 1. The second kappa shape index (κ2) is 9.28. The quantitative estimate of drug-likeness (QED) is 0.259. The van der Waals surface area contributed by atoms with E-state index in [1.807, 2.05) is 48.5 Å². The summed E-state index contributed by atoms with van der Waals surface area (Å²) in [6.45, 7) is 3.47. The van der Waals surface area contributed by atoms with Crippen molar-refractivity contribution in [2.24, 2.45) is 28.1 Å². The van der Waals surface area contributed by atoms with E-state index >= 15 is 0 Å². The molecule has 170 valence electrons. The van der Waals surface area contributed by atoms with Gasteiger partial charge in [-0.1, -0.05) is 85.8 Å². The van der Waals surface area contributed by atoms with Crippen molar-refractivity contribution >= 4 is 29.4 Å².